The van der Waals surface area contributed by atoms with Gasteiger partial charge in [0.15, 0.2) is 11.0 Å². The van der Waals surface area contributed by atoms with Gasteiger partial charge >= 0.3 is 0 Å². The predicted octanol–water partition coefficient (Wildman–Crippen LogP) is 1.06. The lowest BCUT2D eigenvalue weighted by molar-refractivity contribution is 0.0835. The third-order valence-electron chi connectivity index (χ3n) is 3.28. The summed E-state index contributed by atoms with van der Waals surface area (Å²) in [6, 6.07) is 0. The topological polar surface area (TPSA) is 90.9 Å². The molecule has 21 heavy (non-hydrogen) atoms. The van der Waals surface area contributed by atoms with E-state index in [1.165, 1.54) is 11.8 Å². The Hall–Kier alpha value is -1.45. The van der Waals surface area contributed by atoms with Crippen LogP contribution in [-0.4, -0.2) is 38.6 Å². The molecule has 0 aliphatic carbocycles. The maximum atomic E-state index is 5.53. The number of nitrogens with one attached hydrogen (secondary N) is 1. The number of thioether (sulfide) groups is 1. The van der Waals surface area contributed by atoms with E-state index in [1.54, 1.807) is 0 Å². The van der Waals surface area contributed by atoms with E-state index in [0.29, 0.717) is 24.0 Å². The third-order valence-corrected chi connectivity index (χ3v) is 4.30. The first-order chi connectivity index (χ1) is 10.3. The van der Waals surface area contributed by atoms with Crippen molar-refractivity contribution in [1.82, 2.24) is 30.2 Å². The Morgan fingerprint density at radius 3 is 3.10 bits per heavy atom. The predicted molar refractivity (Wildman–Crippen MR) is 75.6 cm³/mol. The molecule has 1 fully saturated rings. The number of hydrogen-bond acceptors (Lipinski definition) is 8. The molecule has 1 aliphatic heterocycles. The fourth-order valence-electron chi connectivity index (χ4n) is 2.14. The fourth-order valence-corrected chi connectivity index (χ4v) is 2.91. The second kappa shape index (κ2) is 6.54. The van der Waals surface area contributed by atoms with Gasteiger partial charge in [-0.1, -0.05) is 16.9 Å². The second-order valence-corrected chi connectivity index (χ2v) is 5.77. The van der Waals surface area contributed by atoms with Crippen LogP contribution in [0.25, 0.3) is 0 Å². The van der Waals surface area contributed by atoms with Crippen LogP contribution in [0.4, 0.5) is 0 Å². The highest BCUT2D eigenvalue weighted by Gasteiger charge is 2.24. The first-order valence-electron chi connectivity index (χ1n) is 6.87. The molecule has 114 valence electrons. The van der Waals surface area contributed by atoms with Crippen molar-refractivity contribution >= 4 is 11.8 Å². The van der Waals surface area contributed by atoms with Gasteiger partial charge in [-0.3, -0.25) is 0 Å². The maximum absolute atomic E-state index is 5.53. The zero-order valence-corrected chi connectivity index (χ0v) is 12.9. The molecule has 9 heteroatoms. The van der Waals surface area contributed by atoms with E-state index in [1.807, 2.05) is 18.7 Å². The molecular weight excluding hydrogens is 292 g/mol. The summed E-state index contributed by atoms with van der Waals surface area (Å²) in [4.78, 5) is 4.39. The molecule has 2 aromatic rings. The van der Waals surface area contributed by atoms with Gasteiger partial charge in [0.2, 0.25) is 0 Å². The second-order valence-electron chi connectivity index (χ2n) is 4.83. The van der Waals surface area contributed by atoms with Gasteiger partial charge in [0.05, 0.1) is 12.3 Å². The molecule has 1 saturated heterocycles. The zero-order valence-electron chi connectivity index (χ0n) is 12.1. The average Bonchev–Trinajstić information content (AvgIpc) is 3.19. The van der Waals surface area contributed by atoms with Crippen LogP contribution in [-0.2, 0) is 24.1 Å². The van der Waals surface area contributed by atoms with Crippen LogP contribution in [0.15, 0.2) is 9.68 Å². The van der Waals surface area contributed by atoms with Crippen molar-refractivity contribution in [3.8, 4) is 0 Å². The molecule has 0 bridgehead atoms. The van der Waals surface area contributed by atoms with Crippen LogP contribution in [0, 0.1) is 0 Å². The minimum Gasteiger partial charge on any atom is -0.368 e. The van der Waals surface area contributed by atoms with Crippen molar-refractivity contribution in [3.05, 3.63) is 17.5 Å². The average molecular weight is 310 g/mol. The van der Waals surface area contributed by atoms with Gasteiger partial charge in [0.1, 0.15) is 11.9 Å². The van der Waals surface area contributed by atoms with Gasteiger partial charge < -0.3 is 19.1 Å². The van der Waals surface area contributed by atoms with Crippen molar-refractivity contribution in [2.45, 2.75) is 36.4 Å². The monoisotopic (exact) mass is 310 g/mol. The van der Waals surface area contributed by atoms with Crippen molar-refractivity contribution in [2.75, 3.05) is 13.7 Å². The van der Waals surface area contributed by atoms with Gasteiger partial charge in [-0.05, 0) is 19.9 Å². The van der Waals surface area contributed by atoms with E-state index in [-0.39, 0.29) is 6.10 Å². The summed E-state index contributed by atoms with van der Waals surface area (Å²) in [5, 5.41) is 16.2. The van der Waals surface area contributed by atoms with E-state index in [9.17, 15) is 0 Å². The Morgan fingerprint density at radius 1 is 1.43 bits per heavy atom. The van der Waals surface area contributed by atoms with Crippen LogP contribution >= 0.6 is 11.8 Å². The minimum atomic E-state index is -0.0340. The van der Waals surface area contributed by atoms with E-state index in [0.717, 1.165) is 30.4 Å². The number of ether oxygens (including phenoxy) is 1. The Bertz CT molecular complexity index is 592. The standard InChI is InChI=1S/C12H18N6O2S/c1-13-6-10-15-16-12(18(10)2)21-7-9-14-11(20-17-9)8-4-3-5-19-8/h8,13H,3-7H2,1-2H3/t8-/m0/s1. The molecular formula is C12H18N6O2S. The summed E-state index contributed by atoms with van der Waals surface area (Å²) in [6.07, 6.45) is 1.96. The summed E-state index contributed by atoms with van der Waals surface area (Å²) in [5.41, 5.74) is 0. The summed E-state index contributed by atoms with van der Waals surface area (Å²) < 4.78 is 12.7. The number of nitrogens with zero attached hydrogens (tertiary/aromatic N) is 5. The quantitative estimate of drug-likeness (QED) is 0.792. The summed E-state index contributed by atoms with van der Waals surface area (Å²) in [5.74, 6) is 2.73. The Kier molecular flexibility index (Phi) is 4.51. The highest BCUT2D eigenvalue weighted by atomic mass is 32.2. The molecule has 1 N–H and O–H groups in total. The molecule has 0 aromatic carbocycles. The normalized spacial score (nSPS) is 18.5. The molecule has 0 saturated carbocycles. The lowest BCUT2D eigenvalue weighted by Gasteiger charge is -2.01. The SMILES string of the molecule is CNCc1nnc(SCc2noc([C@@H]3CCCO3)n2)n1C. The smallest absolute Gasteiger partial charge is 0.255 e. The summed E-state index contributed by atoms with van der Waals surface area (Å²) in [6.45, 7) is 1.46. The van der Waals surface area contributed by atoms with Gasteiger partial charge in [0.25, 0.3) is 5.89 Å². The zero-order chi connectivity index (χ0) is 14.7. The Morgan fingerprint density at radius 2 is 2.33 bits per heavy atom. The maximum Gasteiger partial charge on any atom is 0.255 e. The van der Waals surface area contributed by atoms with Crippen molar-refractivity contribution in [1.29, 1.82) is 0 Å². The molecule has 2 aromatic heterocycles. The van der Waals surface area contributed by atoms with Crippen LogP contribution in [0.5, 0.6) is 0 Å². The van der Waals surface area contributed by atoms with Crippen LogP contribution in [0.1, 0.15) is 36.5 Å². The first-order valence-corrected chi connectivity index (χ1v) is 7.86. The molecule has 0 radical (unpaired) electrons. The van der Waals surface area contributed by atoms with Gasteiger partial charge in [-0.15, -0.1) is 10.2 Å². The lowest BCUT2D eigenvalue weighted by atomic mass is 10.2. The van der Waals surface area contributed by atoms with Gasteiger partial charge in [-0.25, -0.2) is 0 Å². The first kappa shape index (κ1) is 14.5. The largest absolute Gasteiger partial charge is 0.368 e. The molecule has 1 atom stereocenters. The van der Waals surface area contributed by atoms with Crippen molar-refractivity contribution in [3.63, 3.8) is 0 Å². The van der Waals surface area contributed by atoms with Crippen LogP contribution in [0.2, 0.25) is 0 Å². The van der Waals surface area contributed by atoms with E-state index in [2.05, 4.69) is 25.7 Å². The number of rotatable bonds is 6. The highest BCUT2D eigenvalue weighted by Crippen LogP contribution is 2.28. The molecule has 3 heterocycles. The van der Waals surface area contributed by atoms with Gasteiger partial charge in [-0.2, -0.15) is 4.98 Å². The van der Waals surface area contributed by atoms with E-state index >= 15 is 0 Å². The van der Waals surface area contributed by atoms with Crippen molar-refractivity contribution < 1.29 is 9.26 Å². The van der Waals surface area contributed by atoms with Crippen LogP contribution in [0.3, 0.4) is 0 Å². The minimum absolute atomic E-state index is 0.0340. The molecule has 1 aliphatic rings. The molecule has 0 amide bonds. The summed E-state index contributed by atoms with van der Waals surface area (Å²) >= 11 is 1.54. The number of hydrogen-bond donors (Lipinski definition) is 1. The van der Waals surface area contributed by atoms with Crippen LogP contribution < -0.4 is 5.32 Å². The highest BCUT2D eigenvalue weighted by molar-refractivity contribution is 7.98. The van der Waals surface area contributed by atoms with Crippen molar-refractivity contribution in [2.24, 2.45) is 7.05 Å². The molecule has 0 unspecified atom stereocenters. The Labute approximate surface area is 126 Å². The Balaban J connectivity index is 1.60. The molecule has 0 spiro atoms. The van der Waals surface area contributed by atoms with Gasteiger partial charge in [0, 0.05) is 13.7 Å². The van der Waals surface area contributed by atoms with E-state index < -0.39 is 0 Å². The molecule has 8 nitrogen and oxygen atoms in total. The number of aromatic nitrogens is 5. The van der Waals surface area contributed by atoms with E-state index in [4.69, 9.17) is 9.26 Å². The molecule has 3 rings (SSSR count). The summed E-state index contributed by atoms with van der Waals surface area (Å²) in [7, 11) is 3.83. The fraction of sp³-hybridized carbons (Fsp3) is 0.667. The lowest BCUT2D eigenvalue weighted by Crippen LogP contribution is -2.10. The third kappa shape index (κ3) is 3.25.